The van der Waals surface area contributed by atoms with Gasteiger partial charge in [0, 0.05) is 44.7 Å². The van der Waals surface area contributed by atoms with Crippen LogP contribution in [0.3, 0.4) is 0 Å². The highest BCUT2D eigenvalue weighted by atomic mass is 32.1. The molecule has 0 aliphatic carbocycles. The van der Waals surface area contributed by atoms with Gasteiger partial charge in [0.15, 0.2) is 5.60 Å². The quantitative estimate of drug-likeness (QED) is 0.572. The number of hydrogen-bond acceptors (Lipinski definition) is 4. The van der Waals surface area contributed by atoms with Crippen LogP contribution in [0.4, 0.5) is 0 Å². The first-order valence-electron chi connectivity index (χ1n) is 10.4. The molecule has 1 fully saturated rings. The van der Waals surface area contributed by atoms with Gasteiger partial charge in [-0.2, -0.15) is 0 Å². The van der Waals surface area contributed by atoms with Crippen LogP contribution >= 0.6 is 12.0 Å². The number of nitrogens with zero attached hydrogens (tertiary/aromatic N) is 2. The fraction of sp³-hybridized carbons (Fsp3) is 0.320. The van der Waals surface area contributed by atoms with Gasteiger partial charge in [0.05, 0.1) is 0 Å². The Kier molecular flexibility index (Phi) is 6.68. The van der Waals surface area contributed by atoms with Gasteiger partial charge in [-0.1, -0.05) is 71.9 Å². The topological polar surface area (TPSA) is 35.9 Å². The van der Waals surface area contributed by atoms with Crippen LogP contribution in [0.25, 0.3) is 10.8 Å². The van der Waals surface area contributed by atoms with Crippen LogP contribution in [0.15, 0.2) is 72.8 Å². The highest BCUT2D eigenvalue weighted by Gasteiger charge is 2.30. The molecule has 1 aliphatic heterocycles. The molecule has 3 aromatic carbocycles. The molecular formula is C25H28N2O2S. The molecule has 1 saturated heterocycles. The summed E-state index contributed by atoms with van der Waals surface area (Å²) in [5.74, 6) is 0.766. The van der Waals surface area contributed by atoms with Crippen molar-refractivity contribution in [1.29, 1.82) is 0 Å². The second kappa shape index (κ2) is 9.61. The van der Waals surface area contributed by atoms with Gasteiger partial charge in [-0.25, -0.2) is 0 Å². The summed E-state index contributed by atoms with van der Waals surface area (Å²) in [6.07, 6.45) is 0. The molecule has 4 nitrogen and oxygen atoms in total. The molecule has 1 N–H and O–H groups in total. The average Bonchev–Trinajstić information content (AvgIpc) is 2.80. The molecule has 4 rings (SSSR count). The molecule has 5 heteroatoms. The van der Waals surface area contributed by atoms with E-state index in [4.69, 9.17) is 4.74 Å². The minimum absolute atomic E-state index is 0.120. The number of fused-ring (bicyclic) bond motifs is 1. The minimum Gasteiger partial charge on any atom is -0.489 e. The molecule has 0 radical (unpaired) electrons. The van der Waals surface area contributed by atoms with Crippen LogP contribution in [0.2, 0.25) is 0 Å². The van der Waals surface area contributed by atoms with E-state index in [2.05, 4.69) is 63.4 Å². The molecule has 0 bridgehead atoms. The van der Waals surface area contributed by atoms with E-state index < -0.39 is 5.60 Å². The van der Waals surface area contributed by atoms with Gasteiger partial charge in [0.2, 0.25) is 0 Å². The maximum absolute atomic E-state index is 11.0. The second-order valence-electron chi connectivity index (χ2n) is 7.95. The molecular weight excluding hydrogens is 392 g/mol. The summed E-state index contributed by atoms with van der Waals surface area (Å²) < 4.78 is 6.02. The normalized spacial score (nSPS) is 17.4. The van der Waals surface area contributed by atoms with Crippen LogP contribution in [0.1, 0.15) is 5.56 Å². The maximum atomic E-state index is 11.0. The molecule has 0 spiro atoms. The molecule has 0 aromatic heterocycles. The molecule has 0 saturated carbocycles. The van der Waals surface area contributed by atoms with E-state index in [0.29, 0.717) is 6.54 Å². The number of ether oxygens (including phenoxy) is 1. The standard InChI is InChI=1S/C25H28N2O2S/c28-25(20-30,19-29-24-12-6-10-22-9-4-5-11-23(22)24)18-27-15-13-26(14-16-27)17-21-7-2-1-3-8-21/h1-12,28,30H,13-19H2/t25-/m0/s1. The van der Waals surface area contributed by atoms with Crippen molar-refractivity contribution >= 4 is 22.8 Å². The lowest BCUT2D eigenvalue weighted by atomic mass is 10.1. The van der Waals surface area contributed by atoms with Crippen LogP contribution in [0.5, 0.6) is 5.75 Å². The third-order valence-corrected chi connectivity index (χ3v) is 6.04. The molecule has 3 aromatic rings. The maximum Gasteiger partial charge on any atom is 0.173 e. The molecule has 0 amide bonds. The predicted molar refractivity (Wildman–Crippen MR) is 125 cm³/mol. The van der Waals surface area contributed by atoms with Crippen molar-refractivity contribution in [2.75, 3.05) is 39.3 Å². The predicted octanol–water partition coefficient (Wildman–Crippen LogP) is 3.66. The van der Waals surface area contributed by atoms with Crippen LogP contribution in [-0.2, 0) is 6.54 Å². The number of hydrogen-bond donors (Lipinski definition) is 2. The Bertz CT molecular complexity index is 1010. The molecule has 0 unspecified atom stereocenters. The zero-order valence-corrected chi connectivity index (χ0v) is 18.0. The Hall–Kier alpha value is -2.40. The van der Waals surface area contributed by atoms with Crippen molar-refractivity contribution in [1.82, 2.24) is 9.80 Å². The highest BCUT2D eigenvalue weighted by Crippen LogP contribution is 2.26. The third kappa shape index (κ3) is 5.20. The number of rotatable bonds is 7. The lowest BCUT2D eigenvalue weighted by Gasteiger charge is -2.37. The average molecular weight is 421 g/mol. The Balaban J connectivity index is 1.32. The van der Waals surface area contributed by atoms with Crippen molar-refractivity contribution in [2.24, 2.45) is 0 Å². The Morgan fingerprint density at radius 2 is 1.53 bits per heavy atom. The van der Waals surface area contributed by atoms with Gasteiger partial charge in [-0.05, 0) is 17.0 Å². The monoisotopic (exact) mass is 420 g/mol. The zero-order valence-electron chi connectivity index (χ0n) is 17.1. The summed E-state index contributed by atoms with van der Waals surface area (Å²) >= 11 is 4.19. The summed E-state index contributed by atoms with van der Waals surface area (Å²) in [7, 11) is 0. The van der Waals surface area contributed by atoms with Gasteiger partial charge in [0.1, 0.15) is 12.4 Å². The van der Waals surface area contributed by atoms with Gasteiger partial charge < -0.3 is 9.84 Å². The van der Waals surface area contributed by atoms with Crippen molar-refractivity contribution in [2.45, 2.75) is 12.1 Å². The minimum atomic E-state index is -1.23. The summed E-state index contributed by atoms with van der Waals surface area (Å²) in [4.78, 5) is 4.71. The van der Waals surface area contributed by atoms with Crippen molar-refractivity contribution in [3.8, 4) is 10.9 Å². The molecule has 30 heavy (non-hydrogen) atoms. The summed E-state index contributed by atoms with van der Waals surface area (Å²) in [5.41, 5.74) is 0.102. The number of β-amino-alcohol motifs (C(OH)–C–C–N with tert-alkyl or cyclic N) is 1. The largest absolute Gasteiger partial charge is 0.489 e. The van der Waals surface area contributed by atoms with E-state index in [1.807, 2.05) is 36.4 Å². The number of aliphatic hydroxyl groups is 1. The first-order valence-corrected chi connectivity index (χ1v) is 10.8. The second-order valence-corrected chi connectivity index (χ2v) is 8.17. The van der Waals surface area contributed by atoms with Crippen molar-refractivity contribution < 1.29 is 9.84 Å². The lowest BCUT2D eigenvalue weighted by Crippen LogP contribution is -2.53. The fourth-order valence-electron chi connectivity index (χ4n) is 3.95. The Morgan fingerprint density at radius 1 is 0.867 bits per heavy atom. The lowest BCUT2D eigenvalue weighted by molar-refractivity contribution is 0.00102. The summed E-state index contributed by atoms with van der Waals surface area (Å²) in [6, 6.07) is 24.6. The van der Waals surface area contributed by atoms with Crippen molar-refractivity contribution in [3.05, 3.63) is 78.4 Å². The first-order chi connectivity index (χ1) is 14.6. The van der Waals surface area contributed by atoms with Crippen LogP contribution in [-0.4, -0.2) is 59.8 Å². The third-order valence-electron chi connectivity index (χ3n) is 5.62. The van der Waals surface area contributed by atoms with E-state index in [1.165, 1.54) is 5.56 Å². The molecule has 1 aliphatic rings. The van der Waals surface area contributed by atoms with E-state index in [-0.39, 0.29) is 6.61 Å². The number of thiol groups is 1. The molecule has 1 atom stereocenters. The number of piperazine rings is 1. The summed E-state index contributed by atoms with van der Waals surface area (Å²) in [5, 5.41) is 16.0. The van der Waals surface area contributed by atoms with Gasteiger partial charge >= 0.3 is 0 Å². The van der Waals surface area contributed by atoms with Crippen molar-refractivity contribution in [3.63, 3.8) is 0 Å². The smallest absolute Gasteiger partial charge is 0.173 e. The van der Waals surface area contributed by atoms with Gasteiger partial charge in [0.25, 0.3) is 0 Å². The summed E-state index contributed by atoms with van der Waals surface area (Å²) in [6.45, 7) is 5.30. The Morgan fingerprint density at radius 3 is 2.30 bits per heavy atom. The van der Waals surface area contributed by atoms with Gasteiger partial charge in [-0.3, -0.25) is 9.80 Å². The number of benzene rings is 3. The van der Waals surface area contributed by atoms with Gasteiger partial charge in [-0.15, -0.1) is 12.0 Å². The SMILES string of the molecule is O[C@](C#[SH])(COc1cccc2ccccc12)CN1CCN(Cc2ccccc2)CC1. The van der Waals surface area contributed by atoms with Crippen LogP contribution < -0.4 is 4.74 Å². The van der Waals surface area contributed by atoms with E-state index in [0.717, 1.165) is 49.2 Å². The first kappa shape index (κ1) is 20.9. The zero-order chi connectivity index (χ0) is 20.8. The van der Waals surface area contributed by atoms with E-state index in [9.17, 15) is 5.11 Å². The Labute approximate surface area is 183 Å². The van der Waals surface area contributed by atoms with E-state index >= 15 is 0 Å². The molecule has 156 valence electrons. The van der Waals surface area contributed by atoms with Crippen LogP contribution in [0, 0.1) is 5.18 Å². The molecule has 1 heterocycles. The van der Waals surface area contributed by atoms with E-state index in [1.54, 1.807) is 0 Å². The fourth-order valence-corrected chi connectivity index (χ4v) is 4.08. The highest BCUT2D eigenvalue weighted by molar-refractivity contribution is 7.68.